The fourth-order valence-corrected chi connectivity index (χ4v) is 2.27. The number of aromatic nitrogens is 2. The molecule has 0 fully saturated rings. The predicted octanol–water partition coefficient (Wildman–Crippen LogP) is 2.51. The molecular weight excluding hydrogens is 327 g/mol. The third kappa shape index (κ3) is 3.84. The molecule has 0 aromatic carbocycles. The van der Waals surface area contributed by atoms with Crippen LogP contribution < -0.4 is 5.32 Å². The number of aryl methyl sites for hydroxylation is 1. The second-order valence-electron chi connectivity index (χ2n) is 5.16. The summed E-state index contributed by atoms with van der Waals surface area (Å²) in [5, 5.41) is 11.1. The summed E-state index contributed by atoms with van der Waals surface area (Å²) >= 11 is 0. The van der Waals surface area contributed by atoms with Crippen molar-refractivity contribution in [3.63, 3.8) is 0 Å². The van der Waals surface area contributed by atoms with Crippen LogP contribution in [0.15, 0.2) is 18.3 Å². The van der Waals surface area contributed by atoms with E-state index in [9.17, 15) is 22.8 Å². The lowest BCUT2D eigenvalue weighted by molar-refractivity contribution is -0.138. The van der Waals surface area contributed by atoms with Crippen molar-refractivity contribution in [1.29, 1.82) is 0 Å². The Labute approximate surface area is 135 Å². The maximum absolute atomic E-state index is 12.9. The molecule has 6 nitrogen and oxygen atoms in total. The molecule has 0 bridgehead atoms. The number of amides is 1. The van der Waals surface area contributed by atoms with Gasteiger partial charge in [-0.1, -0.05) is 6.92 Å². The molecule has 0 aliphatic carbocycles. The number of nitrogens with zero attached hydrogens (tertiary/aromatic N) is 2. The zero-order chi connectivity index (χ0) is 17.9. The summed E-state index contributed by atoms with van der Waals surface area (Å²) in [5.74, 6) is -1.56. The number of hydrogen-bond acceptors (Lipinski definition) is 3. The molecule has 0 aliphatic rings. The van der Waals surface area contributed by atoms with Crippen molar-refractivity contribution in [1.82, 2.24) is 14.7 Å². The number of alkyl halides is 3. The molecule has 9 heteroatoms. The van der Waals surface area contributed by atoms with Gasteiger partial charge in [0.2, 0.25) is 0 Å². The molecule has 0 radical (unpaired) electrons. The van der Waals surface area contributed by atoms with Gasteiger partial charge >= 0.3 is 12.1 Å². The van der Waals surface area contributed by atoms with Crippen LogP contribution in [0.1, 0.15) is 41.5 Å². The van der Waals surface area contributed by atoms with E-state index in [0.717, 1.165) is 16.7 Å². The van der Waals surface area contributed by atoms with E-state index >= 15 is 0 Å². The Morgan fingerprint density at radius 2 is 2.04 bits per heavy atom. The van der Waals surface area contributed by atoms with Gasteiger partial charge in [-0.25, -0.2) is 4.98 Å². The Kier molecular flexibility index (Phi) is 5.10. The van der Waals surface area contributed by atoms with E-state index in [0.29, 0.717) is 12.1 Å². The van der Waals surface area contributed by atoms with Crippen molar-refractivity contribution in [2.45, 2.75) is 32.4 Å². The fraction of sp³-hybridized carbons (Fsp3) is 0.400. The second-order valence-corrected chi connectivity index (χ2v) is 5.16. The molecule has 1 amide bonds. The average Bonchev–Trinajstić information content (AvgIpc) is 2.87. The molecule has 0 aliphatic heterocycles. The maximum atomic E-state index is 12.9. The number of aliphatic carboxylic acids is 1. The molecule has 2 N–H and O–H groups in total. The SMILES string of the molecule is CCc1nc2ccc(C(F)(F)F)cn2c1C(=O)NCCCC(=O)O. The van der Waals surface area contributed by atoms with Crippen LogP contribution in [0.2, 0.25) is 0 Å². The highest BCUT2D eigenvalue weighted by Gasteiger charge is 2.31. The van der Waals surface area contributed by atoms with Crippen molar-refractivity contribution in [2.24, 2.45) is 0 Å². The summed E-state index contributed by atoms with van der Waals surface area (Å²) < 4.78 is 39.7. The van der Waals surface area contributed by atoms with Gasteiger partial charge in [-0.05, 0) is 25.0 Å². The summed E-state index contributed by atoms with van der Waals surface area (Å²) in [7, 11) is 0. The van der Waals surface area contributed by atoms with Gasteiger partial charge in [-0.3, -0.25) is 14.0 Å². The minimum absolute atomic E-state index is 0.0360. The van der Waals surface area contributed by atoms with Crippen LogP contribution in [0.25, 0.3) is 5.65 Å². The van der Waals surface area contributed by atoms with Crippen molar-refractivity contribution in [3.8, 4) is 0 Å². The number of carboxylic acids is 1. The topological polar surface area (TPSA) is 83.7 Å². The zero-order valence-corrected chi connectivity index (χ0v) is 12.9. The number of carbonyl (C=O) groups is 2. The summed E-state index contributed by atoms with van der Waals surface area (Å²) in [6, 6.07) is 2.12. The van der Waals surface area contributed by atoms with Crippen LogP contribution >= 0.6 is 0 Å². The van der Waals surface area contributed by atoms with E-state index < -0.39 is 23.6 Å². The van der Waals surface area contributed by atoms with Gasteiger partial charge in [0.1, 0.15) is 11.3 Å². The van der Waals surface area contributed by atoms with Gasteiger partial charge in [-0.15, -0.1) is 0 Å². The molecule has 24 heavy (non-hydrogen) atoms. The maximum Gasteiger partial charge on any atom is 0.417 e. The van der Waals surface area contributed by atoms with E-state index in [-0.39, 0.29) is 30.7 Å². The van der Waals surface area contributed by atoms with Crippen LogP contribution in [0.4, 0.5) is 13.2 Å². The lowest BCUT2D eigenvalue weighted by Crippen LogP contribution is -2.27. The number of rotatable bonds is 6. The first kappa shape index (κ1) is 17.8. The van der Waals surface area contributed by atoms with Gasteiger partial charge in [0.15, 0.2) is 0 Å². The Hall–Kier alpha value is -2.58. The van der Waals surface area contributed by atoms with E-state index in [1.165, 1.54) is 6.07 Å². The zero-order valence-electron chi connectivity index (χ0n) is 12.9. The normalized spacial score (nSPS) is 11.7. The lowest BCUT2D eigenvalue weighted by atomic mass is 10.2. The molecule has 2 aromatic rings. The summed E-state index contributed by atoms with van der Waals surface area (Å²) in [6.45, 7) is 1.86. The fourth-order valence-electron chi connectivity index (χ4n) is 2.27. The largest absolute Gasteiger partial charge is 0.481 e. The van der Waals surface area contributed by atoms with Gasteiger partial charge in [0, 0.05) is 19.2 Å². The summed E-state index contributed by atoms with van der Waals surface area (Å²) in [6.07, 6.45) is -3.19. The number of carbonyl (C=O) groups excluding carboxylic acids is 1. The predicted molar refractivity (Wildman–Crippen MR) is 78.8 cm³/mol. The third-order valence-electron chi connectivity index (χ3n) is 3.42. The number of halogens is 3. The number of imidazole rings is 1. The molecule has 2 aromatic heterocycles. The Balaban J connectivity index is 2.32. The number of nitrogens with one attached hydrogen (secondary N) is 1. The smallest absolute Gasteiger partial charge is 0.417 e. The van der Waals surface area contributed by atoms with E-state index in [1.54, 1.807) is 6.92 Å². The summed E-state index contributed by atoms with van der Waals surface area (Å²) in [5.41, 5.74) is -0.218. The van der Waals surface area contributed by atoms with Crippen LogP contribution in [0, 0.1) is 0 Å². The molecule has 0 saturated carbocycles. The molecule has 2 rings (SSSR count). The van der Waals surface area contributed by atoms with E-state index in [1.807, 2.05) is 0 Å². The van der Waals surface area contributed by atoms with Gasteiger partial charge in [0.25, 0.3) is 5.91 Å². The third-order valence-corrected chi connectivity index (χ3v) is 3.42. The Morgan fingerprint density at radius 3 is 2.62 bits per heavy atom. The van der Waals surface area contributed by atoms with Crippen LogP contribution in [-0.2, 0) is 17.4 Å². The van der Waals surface area contributed by atoms with Crippen molar-refractivity contribution < 1.29 is 27.9 Å². The quantitative estimate of drug-likeness (QED) is 0.790. The average molecular weight is 343 g/mol. The summed E-state index contributed by atoms with van der Waals surface area (Å²) in [4.78, 5) is 26.9. The standard InChI is InChI=1S/C15H16F3N3O3/c1-2-10-13(14(24)19-7-3-4-12(22)23)21-8-9(15(16,17)18)5-6-11(21)20-10/h5-6,8H,2-4,7H2,1H3,(H,19,24)(H,22,23). The Morgan fingerprint density at radius 1 is 1.33 bits per heavy atom. The minimum Gasteiger partial charge on any atom is -0.481 e. The molecule has 0 atom stereocenters. The van der Waals surface area contributed by atoms with Gasteiger partial charge in [0.05, 0.1) is 11.3 Å². The number of hydrogen-bond donors (Lipinski definition) is 2. The van der Waals surface area contributed by atoms with Crippen LogP contribution in [0.5, 0.6) is 0 Å². The highest BCUT2D eigenvalue weighted by molar-refractivity contribution is 5.94. The molecule has 130 valence electrons. The number of pyridine rings is 1. The van der Waals surface area contributed by atoms with Crippen molar-refractivity contribution in [3.05, 3.63) is 35.3 Å². The first-order valence-electron chi connectivity index (χ1n) is 7.32. The van der Waals surface area contributed by atoms with Crippen molar-refractivity contribution >= 4 is 17.5 Å². The first-order valence-corrected chi connectivity index (χ1v) is 7.32. The van der Waals surface area contributed by atoms with E-state index in [4.69, 9.17) is 5.11 Å². The van der Waals surface area contributed by atoms with Crippen LogP contribution in [0.3, 0.4) is 0 Å². The number of fused-ring (bicyclic) bond motifs is 1. The first-order chi connectivity index (χ1) is 11.2. The van der Waals surface area contributed by atoms with Crippen LogP contribution in [-0.4, -0.2) is 32.9 Å². The van der Waals surface area contributed by atoms with Gasteiger partial charge < -0.3 is 10.4 Å². The molecular formula is C15H16F3N3O3. The minimum atomic E-state index is -4.53. The number of carboxylic acid groups (broad SMARTS) is 1. The van der Waals surface area contributed by atoms with E-state index in [2.05, 4.69) is 10.3 Å². The molecule has 0 unspecified atom stereocenters. The lowest BCUT2D eigenvalue weighted by Gasteiger charge is -2.09. The molecule has 0 saturated heterocycles. The van der Waals surface area contributed by atoms with Crippen molar-refractivity contribution in [2.75, 3.05) is 6.54 Å². The molecule has 0 spiro atoms. The molecule has 2 heterocycles. The van der Waals surface area contributed by atoms with Gasteiger partial charge in [-0.2, -0.15) is 13.2 Å². The second kappa shape index (κ2) is 6.90. The highest BCUT2D eigenvalue weighted by Crippen LogP contribution is 2.29. The highest BCUT2D eigenvalue weighted by atomic mass is 19.4. The monoisotopic (exact) mass is 343 g/mol. The Bertz CT molecular complexity index is 768.